The van der Waals surface area contributed by atoms with E-state index in [1.165, 1.54) is 22.2 Å². The van der Waals surface area contributed by atoms with Gasteiger partial charge in [0, 0.05) is 30.9 Å². The van der Waals surface area contributed by atoms with Gasteiger partial charge in [-0.3, -0.25) is 14.6 Å². The van der Waals surface area contributed by atoms with E-state index in [4.69, 9.17) is 4.74 Å². The number of rotatable bonds is 9. The second kappa shape index (κ2) is 10.2. The van der Waals surface area contributed by atoms with Crippen molar-refractivity contribution in [3.8, 4) is 5.75 Å². The highest BCUT2D eigenvalue weighted by molar-refractivity contribution is 6.46. The Balaban J connectivity index is 2.02. The fourth-order valence-electron chi connectivity index (χ4n) is 3.68. The molecule has 1 aromatic carbocycles. The summed E-state index contributed by atoms with van der Waals surface area (Å²) in [6.45, 7) is 3.89. The number of ether oxygens (including phenoxy) is 1. The van der Waals surface area contributed by atoms with Crippen LogP contribution < -0.4 is 14.7 Å². The number of pyridine rings is 1. The minimum atomic E-state index is -0.727. The van der Waals surface area contributed by atoms with Gasteiger partial charge in [-0.15, -0.1) is 0 Å². The van der Waals surface area contributed by atoms with Crippen LogP contribution in [-0.4, -0.2) is 55.4 Å². The molecule has 1 aliphatic rings. The number of nitrogens with zero attached hydrogens (tertiary/aromatic N) is 2. The monoisotopic (exact) mass is 423 g/mol. The largest absolute Gasteiger partial charge is 0.872 e. The lowest BCUT2D eigenvalue weighted by Gasteiger charge is -2.27. The molecule has 2 heterocycles. The molecule has 0 bridgehead atoms. The molecule has 0 aliphatic carbocycles. The lowest BCUT2D eigenvalue weighted by molar-refractivity contribution is -0.858. The number of amides is 1. The van der Waals surface area contributed by atoms with Crippen molar-refractivity contribution >= 4 is 17.4 Å². The maximum absolute atomic E-state index is 13.2. The van der Waals surface area contributed by atoms with Gasteiger partial charge in [-0.05, 0) is 41.8 Å². The number of hydrogen-bond acceptors (Lipinski definition) is 5. The summed E-state index contributed by atoms with van der Waals surface area (Å²) in [7, 11) is 4.07. The highest BCUT2D eigenvalue weighted by atomic mass is 16.5. The summed E-state index contributed by atoms with van der Waals surface area (Å²) in [5.74, 6) is -1.07. The number of carbonyl (C=O) groups is 2. The van der Waals surface area contributed by atoms with Crippen molar-refractivity contribution in [1.29, 1.82) is 0 Å². The molecule has 1 fully saturated rings. The highest BCUT2D eigenvalue weighted by Gasteiger charge is 2.43. The second-order valence-electron chi connectivity index (χ2n) is 7.94. The predicted molar refractivity (Wildman–Crippen MR) is 115 cm³/mol. The quantitative estimate of drug-likeness (QED) is 0.363. The molecule has 164 valence electrons. The topological polar surface area (TPSA) is 87.0 Å². The highest BCUT2D eigenvalue weighted by Crippen LogP contribution is 2.39. The average Bonchev–Trinajstić information content (AvgIpc) is 3.03. The standard InChI is InChI=1S/C24H29N3O4/c1-4-16-31-19-8-6-17(7-9-19)21-20(22(28)18-10-12-25-13-11-18)23(29)24(30)27(21)15-5-14-26(2)3/h6-13,21,28H,4-5,14-16H2,1-3H3. The zero-order valence-electron chi connectivity index (χ0n) is 18.3. The Morgan fingerprint density at radius 2 is 1.81 bits per heavy atom. The van der Waals surface area contributed by atoms with Crippen LogP contribution in [0.2, 0.25) is 0 Å². The SMILES string of the molecule is CCCOc1ccc(C2C(=C([O-])c3ccncc3)C(=O)C(=O)N2CCC[NH+](C)C)cc1. The first-order valence-electron chi connectivity index (χ1n) is 10.6. The summed E-state index contributed by atoms with van der Waals surface area (Å²) in [6, 6.07) is 9.69. The van der Waals surface area contributed by atoms with Crippen molar-refractivity contribution in [2.45, 2.75) is 25.8 Å². The number of quaternary nitrogens is 1. The van der Waals surface area contributed by atoms with Crippen molar-refractivity contribution < 1.29 is 24.3 Å². The Kier molecular flexibility index (Phi) is 7.41. The van der Waals surface area contributed by atoms with Crippen LogP contribution in [0.25, 0.3) is 5.76 Å². The van der Waals surface area contributed by atoms with Crippen LogP contribution in [-0.2, 0) is 9.59 Å². The molecule has 1 N–H and O–H groups in total. The molecule has 0 saturated carbocycles. The third kappa shape index (κ3) is 5.11. The van der Waals surface area contributed by atoms with E-state index in [1.807, 2.05) is 45.3 Å². The van der Waals surface area contributed by atoms with Gasteiger partial charge in [0.15, 0.2) is 0 Å². The molecule has 31 heavy (non-hydrogen) atoms. The first-order chi connectivity index (χ1) is 14.9. The zero-order chi connectivity index (χ0) is 22.4. The van der Waals surface area contributed by atoms with Crippen LogP contribution in [0.5, 0.6) is 5.75 Å². The molecule has 1 atom stereocenters. The third-order valence-corrected chi connectivity index (χ3v) is 5.22. The van der Waals surface area contributed by atoms with Crippen molar-refractivity contribution in [2.24, 2.45) is 0 Å². The van der Waals surface area contributed by atoms with Gasteiger partial charge in [-0.25, -0.2) is 0 Å². The molecule has 7 nitrogen and oxygen atoms in total. The van der Waals surface area contributed by atoms with E-state index in [0.717, 1.165) is 24.9 Å². The molecule has 2 aromatic rings. The van der Waals surface area contributed by atoms with E-state index in [1.54, 1.807) is 12.1 Å². The fraction of sp³-hybridized carbons (Fsp3) is 0.375. The van der Waals surface area contributed by atoms with Crippen LogP contribution in [0.15, 0.2) is 54.4 Å². The first-order valence-corrected chi connectivity index (χ1v) is 10.6. The van der Waals surface area contributed by atoms with E-state index >= 15 is 0 Å². The molecular weight excluding hydrogens is 394 g/mol. The van der Waals surface area contributed by atoms with Gasteiger partial charge in [0.05, 0.1) is 33.3 Å². The summed E-state index contributed by atoms with van der Waals surface area (Å²) in [6.07, 6.45) is 4.63. The first kappa shape index (κ1) is 22.5. The summed E-state index contributed by atoms with van der Waals surface area (Å²) >= 11 is 0. The van der Waals surface area contributed by atoms with Gasteiger partial charge in [-0.1, -0.05) is 24.8 Å². The number of nitrogens with one attached hydrogen (secondary N) is 1. The molecule has 1 aliphatic heterocycles. The van der Waals surface area contributed by atoms with Gasteiger partial charge in [0.1, 0.15) is 5.75 Å². The number of ketones is 1. The second-order valence-corrected chi connectivity index (χ2v) is 7.94. The third-order valence-electron chi connectivity index (χ3n) is 5.22. The van der Waals surface area contributed by atoms with Gasteiger partial charge in [-0.2, -0.15) is 0 Å². The Hall–Kier alpha value is -3.19. The molecule has 7 heteroatoms. The van der Waals surface area contributed by atoms with Gasteiger partial charge in [0.2, 0.25) is 5.78 Å². The molecule has 3 rings (SSSR count). The normalized spacial score (nSPS) is 18.1. The maximum atomic E-state index is 13.2. The summed E-state index contributed by atoms with van der Waals surface area (Å²) in [5.41, 5.74) is 1.06. The number of benzene rings is 1. The Labute approximate surface area is 183 Å². The zero-order valence-corrected chi connectivity index (χ0v) is 18.3. The van der Waals surface area contributed by atoms with Crippen LogP contribution in [0.4, 0.5) is 0 Å². The number of aromatic nitrogens is 1. The number of hydrogen-bond donors (Lipinski definition) is 1. The van der Waals surface area contributed by atoms with Crippen molar-refractivity contribution in [2.75, 3.05) is 33.8 Å². The molecular formula is C24H29N3O4. The minimum absolute atomic E-state index is 0.00405. The number of Topliss-reactive ketones (excluding diaryl/α,β-unsaturated/α-hetero) is 1. The molecule has 1 amide bonds. The molecule has 0 radical (unpaired) electrons. The van der Waals surface area contributed by atoms with Gasteiger partial charge in [0.25, 0.3) is 5.91 Å². The van der Waals surface area contributed by atoms with Gasteiger partial charge >= 0.3 is 0 Å². The van der Waals surface area contributed by atoms with Crippen molar-refractivity contribution in [3.63, 3.8) is 0 Å². The fourth-order valence-corrected chi connectivity index (χ4v) is 3.68. The van der Waals surface area contributed by atoms with Crippen LogP contribution in [0.3, 0.4) is 0 Å². The van der Waals surface area contributed by atoms with E-state index in [2.05, 4.69) is 4.98 Å². The van der Waals surface area contributed by atoms with E-state index < -0.39 is 23.5 Å². The molecule has 1 saturated heterocycles. The van der Waals surface area contributed by atoms with E-state index in [9.17, 15) is 14.7 Å². The Morgan fingerprint density at radius 3 is 2.42 bits per heavy atom. The summed E-state index contributed by atoms with van der Waals surface area (Å²) < 4.78 is 5.65. The lowest BCUT2D eigenvalue weighted by Crippen LogP contribution is -3.05. The van der Waals surface area contributed by atoms with Crippen LogP contribution in [0.1, 0.15) is 36.9 Å². The average molecular weight is 424 g/mol. The van der Waals surface area contributed by atoms with Crippen molar-refractivity contribution in [1.82, 2.24) is 9.88 Å². The molecule has 0 spiro atoms. The van der Waals surface area contributed by atoms with E-state index in [-0.39, 0.29) is 5.57 Å². The number of carbonyl (C=O) groups excluding carboxylic acids is 2. The van der Waals surface area contributed by atoms with Crippen LogP contribution in [0, 0.1) is 0 Å². The smallest absolute Gasteiger partial charge is 0.295 e. The Morgan fingerprint density at radius 1 is 1.13 bits per heavy atom. The van der Waals surface area contributed by atoms with Crippen molar-refractivity contribution in [3.05, 3.63) is 65.5 Å². The summed E-state index contributed by atoms with van der Waals surface area (Å²) in [4.78, 5) is 32.5. The van der Waals surface area contributed by atoms with Gasteiger partial charge < -0.3 is 19.6 Å². The predicted octanol–water partition coefficient (Wildman–Crippen LogP) is 0.629. The minimum Gasteiger partial charge on any atom is -0.872 e. The van der Waals surface area contributed by atoms with Crippen LogP contribution >= 0.6 is 0 Å². The summed E-state index contributed by atoms with van der Waals surface area (Å²) in [5, 5.41) is 13.2. The maximum Gasteiger partial charge on any atom is 0.295 e. The Bertz CT molecular complexity index is 939. The lowest BCUT2D eigenvalue weighted by atomic mass is 9.95. The molecule has 1 aromatic heterocycles. The molecule has 1 unspecified atom stereocenters. The van der Waals surface area contributed by atoms with E-state index in [0.29, 0.717) is 24.5 Å². The number of likely N-dealkylation sites (tertiary alicyclic amines) is 1.